The number of amides is 1. The summed E-state index contributed by atoms with van der Waals surface area (Å²) in [6.45, 7) is 3.23. The summed E-state index contributed by atoms with van der Waals surface area (Å²) in [5.74, 6) is -0.322. The molecule has 2 rings (SSSR count). The van der Waals surface area contributed by atoms with Gasteiger partial charge in [0.15, 0.2) is 0 Å². The number of ether oxygens (including phenoxy) is 1. The fourth-order valence-electron chi connectivity index (χ4n) is 2.35. The summed E-state index contributed by atoms with van der Waals surface area (Å²) in [4.78, 5) is 19.1. The maximum absolute atomic E-state index is 10.9. The summed E-state index contributed by atoms with van der Waals surface area (Å²) >= 11 is 3.52. The van der Waals surface area contributed by atoms with Crippen LogP contribution in [-0.2, 0) is 9.53 Å². The highest BCUT2D eigenvalue weighted by molar-refractivity contribution is 9.10. The number of morpholine rings is 1. The molecule has 6 nitrogen and oxygen atoms in total. The minimum Gasteiger partial charge on any atom is -0.373 e. The standard InChI is InChI=1S/C13H19BrN4O2/c1-17(9-13(15)19)7-10-8-18(4-5-20-10)12-2-3-16-6-11(12)14/h2-3,6,10H,4-5,7-9H2,1H3,(H2,15,19). The number of rotatable bonds is 5. The lowest BCUT2D eigenvalue weighted by Gasteiger charge is -2.36. The van der Waals surface area contributed by atoms with Gasteiger partial charge in [0.05, 0.1) is 29.4 Å². The molecule has 0 aliphatic carbocycles. The lowest BCUT2D eigenvalue weighted by Crippen LogP contribution is -2.48. The number of likely N-dealkylation sites (N-methyl/N-ethyl adjacent to an activating group) is 1. The van der Waals surface area contributed by atoms with E-state index in [0.29, 0.717) is 13.2 Å². The van der Waals surface area contributed by atoms with Gasteiger partial charge in [0.25, 0.3) is 0 Å². The van der Waals surface area contributed by atoms with Crippen LogP contribution in [0.1, 0.15) is 0 Å². The molecular weight excluding hydrogens is 324 g/mol. The van der Waals surface area contributed by atoms with E-state index in [4.69, 9.17) is 10.5 Å². The molecule has 1 aromatic heterocycles. The summed E-state index contributed by atoms with van der Waals surface area (Å²) in [5.41, 5.74) is 6.31. The van der Waals surface area contributed by atoms with Crippen LogP contribution < -0.4 is 10.6 Å². The van der Waals surface area contributed by atoms with Gasteiger partial charge in [0.2, 0.25) is 5.91 Å². The van der Waals surface area contributed by atoms with E-state index >= 15 is 0 Å². The average Bonchev–Trinajstić information content (AvgIpc) is 2.38. The molecule has 0 bridgehead atoms. The van der Waals surface area contributed by atoms with Crippen LogP contribution in [-0.4, -0.2) is 61.7 Å². The Hall–Kier alpha value is -1.18. The molecule has 110 valence electrons. The van der Waals surface area contributed by atoms with Crippen molar-refractivity contribution < 1.29 is 9.53 Å². The third-order valence-corrected chi connectivity index (χ3v) is 3.78. The molecule has 1 saturated heterocycles. The van der Waals surface area contributed by atoms with Gasteiger partial charge in [-0.1, -0.05) is 0 Å². The number of carbonyl (C=O) groups excluding carboxylic acids is 1. The first-order valence-corrected chi connectivity index (χ1v) is 7.28. The van der Waals surface area contributed by atoms with Gasteiger partial charge in [-0.3, -0.25) is 14.7 Å². The maximum atomic E-state index is 10.9. The predicted molar refractivity (Wildman–Crippen MR) is 80.6 cm³/mol. The predicted octanol–water partition coefficient (Wildman–Crippen LogP) is 0.466. The van der Waals surface area contributed by atoms with Crippen LogP contribution in [0.4, 0.5) is 5.69 Å². The first-order valence-electron chi connectivity index (χ1n) is 6.49. The smallest absolute Gasteiger partial charge is 0.231 e. The number of carbonyl (C=O) groups is 1. The zero-order chi connectivity index (χ0) is 14.5. The third kappa shape index (κ3) is 4.16. The number of anilines is 1. The second-order valence-electron chi connectivity index (χ2n) is 4.93. The van der Waals surface area contributed by atoms with Crippen LogP contribution in [0, 0.1) is 0 Å². The van der Waals surface area contributed by atoms with Crippen LogP contribution in [0.2, 0.25) is 0 Å². The maximum Gasteiger partial charge on any atom is 0.231 e. The SMILES string of the molecule is CN(CC(N)=O)CC1CN(c2ccncc2Br)CCO1. The van der Waals surface area contributed by atoms with Gasteiger partial charge in [0, 0.05) is 32.0 Å². The molecule has 7 heteroatoms. The molecule has 20 heavy (non-hydrogen) atoms. The highest BCUT2D eigenvalue weighted by atomic mass is 79.9. The van der Waals surface area contributed by atoms with E-state index in [1.807, 2.05) is 18.0 Å². The molecule has 0 aromatic carbocycles. The Morgan fingerprint density at radius 1 is 1.70 bits per heavy atom. The highest BCUT2D eigenvalue weighted by Crippen LogP contribution is 2.26. The van der Waals surface area contributed by atoms with Crippen molar-refractivity contribution in [3.05, 3.63) is 22.9 Å². The molecule has 2 heterocycles. The van der Waals surface area contributed by atoms with Crippen LogP contribution in [0.5, 0.6) is 0 Å². The minimum atomic E-state index is -0.322. The zero-order valence-electron chi connectivity index (χ0n) is 11.5. The molecule has 2 N–H and O–H groups in total. The Bertz CT molecular complexity index is 471. The summed E-state index contributed by atoms with van der Waals surface area (Å²) in [7, 11) is 1.87. The Morgan fingerprint density at radius 3 is 3.20 bits per heavy atom. The third-order valence-electron chi connectivity index (χ3n) is 3.17. The first kappa shape index (κ1) is 15.2. The van der Waals surface area contributed by atoms with E-state index in [2.05, 4.69) is 25.8 Å². The summed E-state index contributed by atoms with van der Waals surface area (Å²) < 4.78 is 6.73. The number of nitrogens with zero attached hydrogens (tertiary/aromatic N) is 3. The highest BCUT2D eigenvalue weighted by Gasteiger charge is 2.23. The van der Waals surface area contributed by atoms with Crippen LogP contribution >= 0.6 is 15.9 Å². The lowest BCUT2D eigenvalue weighted by atomic mass is 10.2. The van der Waals surface area contributed by atoms with Crippen molar-refractivity contribution >= 4 is 27.5 Å². The Labute approximate surface area is 127 Å². The molecule has 1 aliphatic heterocycles. The monoisotopic (exact) mass is 342 g/mol. The average molecular weight is 343 g/mol. The summed E-state index contributed by atoms with van der Waals surface area (Å²) in [5, 5.41) is 0. The Kier molecular flexibility index (Phi) is 5.33. The number of hydrogen-bond donors (Lipinski definition) is 1. The minimum absolute atomic E-state index is 0.0631. The molecule has 1 aliphatic rings. The molecule has 1 amide bonds. The molecule has 1 atom stereocenters. The van der Waals surface area contributed by atoms with Gasteiger partial charge in [-0.2, -0.15) is 0 Å². The number of halogens is 1. The number of primary amides is 1. The number of nitrogens with two attached hydrogens (primary N) is 1. The lowest BCUT2D eigenvalue weighted by molar-refractivity contribution is -0.119. The summed E-state index contributed by atoms with van der Waals surface area (Å²) in [6, 6.07) is 1.99. The van der Waals surface area contributed by atoms with Crippen molar-refractivity contribution in [2.45, 2.75) is 6.10 Å². The van der Waals surface area contributed by atoms with Crippen molar-refractivity contribution in [1.82, 2.24) is 9.88 Å². The number of hydrogen-bond acceptors (Lipinski definition) is 5. The van der Waals surface area contributed by atoms with Crippen molar-refractivity contribution in [3.8, 4) is 0 Å². The molecule has 1 fully saturated rings. The van der Waals surface area contributed by atoms with Gasteiger partial charge in [-0.25, -0.2) is 0 Å². The van der Waals surface area contributed by atoms with Crippen molar-refractivity contribution in [2.24, 2.45) is 5.73 Å². The van der Waals surface area contributed by atoms with E-state index in [-0.39, 0.29) is 18.6 Å². The second kappa shape index (κ2) is 7.01. The largest absolute Gasteiger partial charge is 0.373 e. The van der Waals surface area contributed by atoms with E-state index in [0.717, 1.165) is 23.2 Å². The van der Waals surface area contributed by atoms with Crippen molar-refractivity contribution in [3.63, 3.8) is 0 Å². The van der Waals surface area contributed by atoms with Gasteiger partial charge in [-0.05, 0) is 29.0 Å². The Balaban J connectivity index is 1.95. The zero-order valence-corrected chi connectivity index (χ0v) is 13.0. The number of aromatic nitrogens is 1. The quantitative estimate of drug-likeness (QED) is 0.841. The van der Waals surface area contributed by atoms with E-state index in [1.165, 1.54) is 0 Å². The van der Waals surface area contributed by atoms with Gasteiger partial charge >= 0.3 is 0 Å². The molecule has 0 spiro atoms. The molecular formula is C13H19BrN4O2. The first-order chi connectivity index (χ1) is 9.56. The fourth-order valence-corrected chi connectivity index (χ4v) is 2.85. The van der Waals surface area contributed by atoms with Crippen LogP contribution in [0.25, 0.3) is 0 Å². The van der Waals surface area contributed by atoms with Crippen molar-refractivity contribution in [2.75, 3.05) is 44.7 Å². The van der Waals surface area contributed by atoms with Crippen LogP contribution in [0.15, 0.2) is 22.9 Å². The number of pyridine rings is 1. The van der Waals surface area contributed by atoms with Gasteiger partial charge < -0.3 is 15.4 Å². The normalized spacial score (nSPS) is 19.4. The van der Waals surface area contributed by atoms with Crippen molar-refractivity contribution in [1.29, 1.82) is 0 Å². The summed E-state index contributed by atoms with van der Waals surface area (Å²) in [6.07, 6.45) is 3.64. The van der Waals surface area contributed by atoms with Gasteiger partial charge in [0.1, 0.15) is 0 Å². The molecule has 0 radical (unpaired) electrons. The van der Waals surface area contributed by atoms with E-state index in [1.54, 1.807) is 12.4 Å². The van der Waals surface area contributed by atoms with E-state index < -0.39 is 0 Å². The van der Waals surface area contributed by atoms with E-state index in [9.17, 15) is 4.79 Å². The molecule has 0 saturated carbocycles. The molecule has 1 unspecified atom stereocenters. The van der Waals surface area contributed by atoms with Gasteiger partial charge in [-0.15, -0.1) is 0 Å². The topological polar surface area (TPSA) is 71.7 Å². The Morgan fingerprint density at radius 2 is 2.50 bits per heavy atom. The van der Waals surface area contributed by atoms with Crippen LogP contribution in [0.3, 0.4) is 0 Å². The molecule has 1 aromatic rings. The second-order valence-corrected chi connectivity index (χ2v) is 5.78. The fraction of sp³-hybridized carbons (Fsp3) is 0.538.